The van der Waals surface area contributed by atoms with E-state index in [1.807, 2.05) is 36.4 Å². The van der Waals surface area contributed by atoms with Gasteiger partial charge in [-0.2, -0.15) is 5.26 Å². The fraction of sp³-hybridized carbons (Fsp3) is 0.517. The van der Waals surface area contributed by atoms with Crippen molar-refractivity contribution < 1.29 is 4.79 Å². The smallest absolute Gasteiger partial charge is 0.227 e. The molecule has 4 nitrogen and oxygen atoms in total. The Kier molecular flexibility index (Phi) is 8.18. The van der Waals surface area contributed by atoms with E-state index in [1.54, 1.807) is 0 Å². The van der Waals surface area contributed by atoms with Crippen molar-refractivity contribution in [2.24, 2.45) is 5.92 Å². The summed E-state index contributed by atoms with van der Waals surface area (Å²) in [5.74, 6) is 0.628. The third-order valence-electron chi connectivity index (χ3n) is 7.76. The summed E-state index contributed by atoms with van der Waals surface area (Å²) in [6.07, 6.45) is 8.78. The predicted octanol–water partition coefficient (Wildman–Crippen LogP) is 5.41. The van der Waals surface area contributed by atoms with E-state index in [-0.39, 0.29) is 17.2 Å². The summed E-state index contributed by atoms with van der Waals surface area (Å²) in [5, 5.41) is 13.1. The Morgan fingerprint density at radius 3 is 2.27 bits per heavy atom. The third kappa shape index (κ3) is 5.84. The van der Waals surface area contributed by atoms with Gasteiger partial charge >= 0.3 is 0 Å². The van der Waals surface area contributed by atoms with Crippen molar-refractivity contribution in [3.63, 3.8) is 0 Å². The van der Waals surface area contributed by atoms with Gasteiger partial charge in [-0.3, -0.25) is 4.79 Å². The van der Waals surface area contributed by atoms with Crippen molar-refractivity contribution >= 4 is 5.91 Å². The molecule has 0 unspecified atom stereocenters. The van der Waals surface area contributed by atoms with Crippen LogP contribution in [0.4, 0.5) is 0 Å². The highest BCUT2D eigenvalue weighted by Gasteiger charge is 2.36. The highest BCUT2D eigenvalue weighted by Crippen LogP contribution is 2.37. The van der Waals surface area contributed by atoms with E-state index in [4.69, 9.17) is 0 Å². The highest BCUT2D eigenvalue weighted by molar-refractivity contribution is 5.84. The first-order valence-corrected chi connectivity index (χ1v) is 12.7. The molecule has 2 aliphatic rings. The summed E-state index contributed by atoms with van der Waals surface area (Å²) < 4.78 is 0. The highest BCUT2D eigenvalue weighted by atomic mass is 16.1. The summed E-state index contributed by atoms with van der Waals surface area (Å²) in [6.45, 7) is 3.56. The molecular formula is C29H37N3O. The molecule has 174 valence electrons. The molecule has 2 fully saturated rings. The van der Waals surface area contributed by atoms with Crippen LogP contribution in [0.25, 0.3) is 0 Å². The van der Waals surface area contributed by atoms with E-state index < -0.39 is 0 Å². The molecule has 1 amide bonds. The number of rotatable bonds is 8. The van der Waals surface area contributed by atoms with Crippen molar-refractivity contribution in [3.05, 3.63) is 71.8 Å². The van der Waals surface area contributed by atoms with E-state index in [0.717, 1.165) is 62.9 Å². The lowest BCUT2D eigenvalue weighted by Gasteiger charge is -2.37. The third-order valence-corrected chi connectivity index (χ3v) is 7.76. The molecule has 2 aromatic carbocycles. The van der Waals surface area contributed by atoms with Gasteiger partial charge in [0.1, 0.15) is 0 Å². The zero-order valence-corrected chi connectivity index (χ0v) is 19.7. The first-order chi connectivity index (χ1) is 16.2. The van der Waals surface area contributed by atoms with Crippen LogP contribution < -0.4 is 5.32 Å². The van der Waals surface area contributed by atoms with Crippen LogP contribution in [0.1, 0.15) is 68.4 Å². The van der Waals surface area contributed by atoms with Crippen LogP contribution in [0.2, 0.25) is 0 Å². The summed E-state index contributed by atoms with van der Waals surface area (Å²) in [6, 6.07) is 23.2. The van der Waals surface area contributed by atoms with Crippen molar-refractivity contribution in [1.82, 2.24) is 10.2 Å². The molecule has 0 radical (unpaired) electrons. The maximum Gasteiger partial charge on any atom is 0.227 e. The Hall–Kier alpha value is -2.64. The predicted molar refractivity (Wildman–Crippen MR) is 133 cm³/mol. The maximum atomic E-state index is 13.2. The number of benzene rings is 2. The van der Waals surface area contributed by atoms with Crippen molar-refractivity contribution in [1.29, 1.82) is 5.26 Å². The summed E-state index contributed by atoms with van der Waals surface area (Å²) in [4.78, 5) is 15.7. The van der Waals surface area contributed by atoms with Crippen LogP contribution in [0.3, 0.4) is 0 Å². The molecule has 0 bridgehead atoms. The number of nitrogens with one attached hydrogen (secondary N) is 1. The maximum absolute atomic E-state index is 13.2. The van der Waals surface area contributed by atoms with Gasteiger partial charge in [-0.1, -0.05) is 79.9 Å². The molecule has 1 saturated heterocycles. The van der Waals surface area contributed by atoms with E-state index >= 15 is 0 Å². The van der Waals surface area contributed by atoms with Gasteiger partial charge in [-0.05, 0) is 68.8 Å². The molecule has 2 aromatic rings. The normalized spacial score (nSPS) is 20.0. The fourth-order valence-electron chi connectivity index (χ4n) is 5.77. The Morgan fingerprint density at radius 1 is 1.00 bits per heavy atom. The van der Waals surface area contributed by atoms with Crippen molar-refractivity contribution in [3.8, 4) is 6.07 Å². The molecule has 4 rings (SSSR count). The Bertz CT molecular complexity index is 907. The minimum absolute atomic E-state index is 0.0244. The molecule has 1 aliphatic heterocycles. The molecule has 1 atom stereocenters. The van der Waals surface area contributed by atoms with Crippen molar-refractivity contribution in [2.75, 3.05) is 26.2 Å². The lowest BCUT2D eigenvalue weighted by Crippen LogP contribution is -2.43. The van der Waals surface area contributed by atoms with Crippen LogP contribution in [-0.4, -0.2) is 37.0 Å². The number of amides is 1. The number of nitriles is 1. The van der Waals surface area contributed by atoms with Gasteiger partial charge in [0.05, 0.1) is 17.4 Å². The van der Waals surface area contributed by atoms with Crippen LogP contribution in [0.5, 0.6) is 0 Å². The molecule has 1 N–H and O–H groups in total. The molecule has 0 spiro atoms. The number of likely N-dealkylation sites (tertiary alicyclic amines) is 1. The second-order valence-corrected chi connectivity index (χ2v) is 9.83. The first kappa shape index (κ1) is 23.5. The van der Waals surface area contributed by atoms with Gasteiger partial charge in [0.2, 0.25) is 5.91 Å². The number of hydrogen-bond donors (Lipinski definition) is 1. The Balaban J connectivity index is 1.25. The van der Waals surface area contributed by atoms with Gasteiger partial charge in [-0.15, -0.1) is 0 Å². The van der Waals surface area contributed by atoms with Gasteiger partial charge in [0.25, 0.3) is 0 Å². The van der Waals surface area contributed by atoms with Gasteiger partial charge in [0, 0.05) is 6.54 Å². The number of piperidine rings is 1. The van der Waals surface area contributed by atoms with E-state index in [1.165, 1.54) is 19.3 Å². The number of carbonyl (C=O) groups excluding carboxylic acids is 1. The average molecular weight is 444 g/mol. The Labute approximate surface area is 199 Å². The SMILES string of the molecule is N#CC1(c2ccccc2)CCN(CCCNC(=O)[C@@H](c2ccccc2)C2CCCCC2)CC1. The monoisotopic (exact) mass is 443 g/mol. The number of carbonyl (C=O) groups is 1. The second-order valence-electron chi connectivity index (χ2n) is 9.83. The molecule has 33 heavy (non-hydrogen) atoms. The van der Waals surface area contributed by atoms with Crippen LogP contribution in [0, 0.1) is 17.2 Å². The number of nitrogens with zero attached hydrogens (tertiary/aromatic N) is 2. The minimum atomic E-state index is -0.352. The molecule has 1 heterocycles. The van der Waals surface area contributed by atoms with Gasteiger partial charge in [0.15, 0.2) is 0 Å². The zero-order chi connectivity index (χ0) is 22.9. The molecule has 0 aromatic heterocycles. The van der Waals surface area contributed by atoms with Crippen molar-refractivity contribution in [2.45, 2.75) is 62.7 Å². The zero-order valence-electron chi connectivity index (χ0n) is 19.7. The molecule has 1 saturated carbocycles. The molecular weight excluding hydrogens is 406 g/mol. The second kappa shape index (κ2) is 11.5. The van der Waals surface area contributed by atoms with Gasteiger partial charge in [-0.25, -0.2) is 0 Å². The summed E-state index contributed by atoms with van der Waals surface area (Å²) in [5.41, 5.74) is 1.95. The summed E-state index contributed by atoms with van der Waals surface area (Å²) >= 11 is 0. The lowest BCUT2D eigenvalue weighted by atomic mass is 9.74. The number of hydrogen-bond acceptors (Lipinski definition) is 3. The van der Waals surface area contributed by atoms with Gasteiger partial charge < -0.3 is 10.2 Å². The molecule has 4 heteroatoms. The lowest BCUT2D eigenvalue weighted by molar-refractivity contribution is -0.124. The topological polar surface area (TPSA) is 56.1 Å². The van der Waals surface area contributed by atoms with E-state index in [9.17, 15) is 10.1 Å². The average Bonchev–Trinajstić information content (AvgIpc) is 2.89. The van der Waals surface area contributed by atoms with Crippen LogP contribution in [-0.2, 0) is 10.2 Å². The standard InChI is InChI=1S/C29H37N3O/c30-23-29(26-15-8-3-9-16-26)17-21-32(22-18-29)20-10-19-31-28(33)27(24-11-4-1-5-12-24)25-13-6-2-7-14-25/h1,3-5,8-9,11-12,15-16,25,27H,2,6-7,10,13-14,17-22H2,(H,31,33)/t27-/m0/s1. The largest absolute Gasteiger partial charge is 0.356 e. The quantitative estimate of drug-likeness (QED) is 0.555. The van der Waals surface area contributed by atoms with E-state index in [0.29, 0.717) is 12.5 Å². The Morgan fingerprint density at radius 2 is 1.64 bits per heavy atom. The van der Waals surface area contributed by atoms with Crippen LogP contribution >= 0.6 is 0 Å². The fourth-order valence-corrected chi connectivity index (χ4v) is 5.77. The summed E-state index contributed by atoms with van der Waals surface area (Å²) in [7, 11) is 0. The van der Waals surface area contributed by atoms with Crippen LogP contribution in [0.15, 0.2) is 60.7 Å². The minimum Gasteiger partial charge on any atom is -0.356 e. The van der Waals surface area contributed by atoms with E-state index in [2.05, 4.69) is 40.6 Å². The first-order valence-electron chi connectivity index (χ1n) is 12.7. The molecule has 1 aliphatic carbocycles.